The number of carbonyl (C=O) groups excluding carboxylic acids is 1. The molecule has 0 aromatic heterocycles. The Kier molecular flexibility index (Phi) is 9.22. The second-order valence-corrected chi connectivity index (χ2v) is 7.18. The first-order valence-corrected chi connectivity index (χ1v) is 10.0. The zero-order valence-corrected chi connectivity index (χ0v) is 19.5. The number of likely N-dealkylation sites (tertiary alicyclic amines) is 1. The summed E-state index contributed by atoms with van der Waals surface area (Å²) >= 11 is 0. The van der Waals surface area contributed by atoms with Crippen molar-refractivity contribution in [3.05, 3.63) is 77.2 Å². The normalized spacial score (nSPS) is 17.0. The van der Waals surface area contributed by atoms with Crippen LogP contribution in [0.4, 0.5) is 0 Å². The molecule has 1 radical (unpaired) electrons. The molecule has 0 spiro atoms. The fourth-order valence-electron chi connectivity index (χ4n) is 4.10. The Balaban J connectivity index is 0.000000844. The predicted molar refractivity (Wildman–Crippen MR) is 108 cm³/mol. The number of Topliss-reactive ketones (excluding diaryl/α,β-unsaturated/α-hetero) is 1. The van der Waals surface area contributed by atoms with Gasteiger partial charge in [-0.2, -0.15) is 5.92 Å². The SMILES string of the molecule is CC.O=C1c2ccccc2C[C-]1CC1CCN(Cc2ccccc2)CC1.[Y]. The quantitative estimate of drug-likeness (QED) is 0.603. The summed E-state index contributed by atoms with van der Waals surface area (Å²) in [5.74, 6) is 2.11. The van der Waals surface area contributed by atoms with Crippen LogP contribution in [0.1, 0.15) is 54.6 Å². The van der Waals surface area contributed by atoms with Crippen molar-refractivity contribution in [2.24, 2.45) is 5.92 Å². The molecule has 1 aliphatic carbocycles. The Labute approximate surface area is 189 Å². The van der Waals surface area contributed by atoms with Crippen LogP contribution in [0.15, 0.2) is 54.6 Å². The third-order valence-corrected chi connectivity index (χ3v) is 5.48. The molecule has 141 valence electrons. The largest absolute Gasteiger partial charge is 0.331 e. The maximum Gasteiger partial charge on any atom is 0.0280 e. The average molecular weight is 437 g/mol. The molecule has 0 atom stereocenters. The Morgan fingerprint density at radius 2 is 1.59 bits per heavy atom. The molecule has 1 aliphatic heterocycles. The molecule has 1 saturated heterocycles. The van der Waals surface area contributed by atoms with Gasteiger partial charge in [0.05, 0.1) is 0 Å². The third-order valence-electron chi connectivity index (χ3n) is 5.48. The second kappa shape index (κ2) is 11.1. The van der Waals surface area contributed by atoms with Gasteiger partial charge in [0.15, 0.2) is 0 Å². The van der Waals surface area contributed by atoms with Crippen molar-refractivity contribution < 1.29 is 37.5 Å². The maximum atomic E-state index is 12.5. The van der Waals surface area contributed by atoms with E-state index in [1.807, 2.05) is 32.0 Å². The van der Waals surface area contributed by atoms with Crippen LogP contribution in [0.2, 0.25) is 0 Å². The van der Waals surface area contributed by atoms with Gasteiger partial charge in [0.1, 0.15) is 0 Å². The van der Waals surface area contributed by atoms with E-state index in [1.165, 1.54) is 24.0 Å². The van der Waals surface area contributed by atoms with E-state index < -0.39 is 0 Å². The van der Waals surface area contributed by atoms with Crippen LogP contribution in [0.25, 0.3) is 0 Å². The van der Waals surface area contributed by atoms with Crippen molar-refractivity contribution >= 4 is 5.78 Å². The molecule has 2 nitrogen and oxygen atoms in total. The summed E-state index contributed by atoms with van der Waals surface area (Å²) in [4.78, 5) is 15.1. The molecule has 2 aromatic carbocycles. The Morgan fingerprint density at radius 1 is 0.963 bits per heavy atom. The standard InChI is InChI=1S/C22H24NO.C2H6.Y/c24-22-20(15-19-8-4-5-9-21(19)22)14-17-10-12-23(13-11-17)16-18-6-2-1-3-7-18;1-2;/h1-9,17H,10-16H2;1-2H3;/q-1;;. The molecule has 4 rings (SSSR count). The van der Waals surface area contributed by atoms with E-state index in [1.54, 1.807) is 0 Å². The van der Waals surface area contributed by atoms with E-state index >= 15 is 0 Å². The van der Waals surface area contributed by atoms with Gasteiger partial charge in [-0.05, 0) is 31.5 Å². The number of ketones is 1. The van der Waals surface area contributed by atoms with Crippen molar-refractivity contribution in [2.75, 3.05) is 13.1 Å². The van der Waals surface area contributed by atoms with Gasteiger partial charge in [0.2, 0.25) is 0 Å². The van der Waals surface area contributed by atoms with Crippen LogP contribution >= 0.6 is 0 Å². The fraction of sp³-hybridized carbons (Fsp3) is 0.417. The molecular formula is C24H30NOY-. The molecule has 2 aromatic rings. The van der Waals surface area contributed by atoms with Crippen LogP contribution in [0.5, 0.6) is 0 Å². The minimum absolute atomic E-state index is 0. The number of carbonyl (C=O) groups is 1. The number of nitrogens with zero attached hydrogens (tertiary/aromatic N) is 1. The van der Waals surface area contributed by atoms with E-state index in [2.05, 4.69) is 41.3 Å². The molecule has 0 N–H and O–H groups in total. The second-order valence-electron chi connectivity index (χ2n) is 7.18. The topological polar surface area (TPSA) is 20.3 Å². The number of benzene rings is 2. The van der Waals surface area contributed by atoms with E-state index in [0.29, 0.717) is 11.7 Å². The van der Waals surface area contributed by atoms with Gasteiger partial charge in [-0.3, -0.25) is 4.90 Å². The van der Waals surface area contributed by atoms with E-state index in [9.17, 15) is 4.79 Å². The zero-order valence-electron chi connectivity index (χ0n) is 16.7. The number of hydrogen-bond donors (Lipinski definition) is 0. The van der Waals surface area contributed by atoms with E-state index in [-0.39, 0.29) is 32.7 Å². The van der Waals surface area contributed by atoms with Crippen LogP contribution in [0.3, 0.4) is 0 Å². The van der Waals surface area contributed by atoms with Crippen LogP contribution in [-0.2, 0) is 45.7 Å². The summed E-state index contributed by atoms with van der Waals surface area (Å²) < 4.78 is 0. The van der Waals surface area contributed by atoms with Crippen molar-refractivity contribution in [1.82, 2.24) is 4.90 Å². The summed E-state index contributed by atoms with van der Waals surface area (Å²) in [5, 5.41) is 0. The summed E-state index contributed by atoms with van der Waals surface area (Å²) in [5.41, 5.74) is 3.56. The van der Waals surface area contributed by atoms with Crippen molar-refractivity contribution in [1.29, 1.82) is 0 Å². The molecule has 3 heteroatoms. The smallest absolute Gasteiger partial charge is 0.0280 e. The summed E-state index contributed by atoms with van der Waals surface area (Å²) in [6, 6.07) is 18.8. The van der Waals surface area contributed by atoms with Gasteiger partial charge < -0.3 is 4.79 Å². The van der Waals surface area contributed by atoms with Gasteiger partial charge in [0.25, 0.3) is 0 Å². The Morgan fingerprint density at radius 3 is 2.26 bits per heavy atom. The molecule has 27 heavy (non-hydrogen) atoms. The van der Waals surface area contributed by atoms with E-state index in [0.717, 1.165) is 44.0 Å². The zero-order chi connectivity index (χ0) is 18.4. The Bertz CT molecular complexity index is 707. The van der Waals surface area contributed by atoms with Crippen molar-refractivity contribution in [3.63, 3.8) is 0 Å². The summed E-state index contributed by atoms with van der Waals surface area (Å²) in [6.07, 6.45) is 4.28. The minimum Gasteiger partial charge on any atom is -0.331 e. The molecule has 0 saturated carbocycles. The maximum absolute atomic E-state index is 12.5. The third kappa shape index (κ3) is 5.76. The first kappa shape index (κ1) is 22.3. The van der Waals surface area contributed by atoms with Gasteiger partial charge in [-0.15, -0.1) is 17.2 Å². The van der Waals surface area contributed by atoms with Crippen LogP contribution < -0.4 is 0 Å². The van der Waals surface area contributed by atoms with Crippen LogP contribution in [-0.4, -0.2) is 23.8 Å². The van der Waals surface area contributed by atoms with Gasteiger partial charge in [-0.25, -0.2) is 0 Å². The molecule has 2 aliphatic rings. The van der Waals surface area contributed by atoms with Crippen molar-refractivity contribution in [2.45, 2.75) is 46.1 Å². The summed E-state index contributed by atoms with van der Waals surface area (Å²) in [7, 11) is 0. The number of hydrogen-bond acceptors (Lipinski definition) is 2. The Hall–Kier alpha value is -0.956. The van der Waals surface area contributed by atoms with Gasteiger partial charge in [0, 0.05) is 45.0 Å². The summed E-state index contributed by atoms with van der Waals surface area (Å²) in [6.45, 7) is 7.34. The van der Waals surface area contributed by atoms with E-state index in [4.69, 9.17) is 0 Å². The number of piperidine rings is 1. The van der Waals surface area contributed by atoms with Gasteiger partial charge in [-0.1, -0.05) is 81.1 Å². The van der Waals surface area contributed by atoms with Crippen molar-refractivity contribution in [3.8, 4) is 0 Å². The van der Waals surface area contributed by atoms with Gasteiger partial charge >= 0.3 is 0 Å². The molecule has 0 bridgehead atoms. The monoisotopic (exact) mass is 437 g/mol. The molecule has 0 amide bonds. The minimum atomic E-state index is 0. The molecular weight excluding hydrogens is 407 g/mol. The predicted octanol–water partition coefficient (Wildman–Crippen LogP) is 5.33. The fourth-order valence-corrected chi connectivity index (χ4v) is 4.10. The van der Waals surface area contributed by atoms with Crippen LogP contribution in [0, 0.1) is 11.8 Å². The molecule has 0 unspecified atom stereocenters. The first-order chi connectivity index (χ1) is 12.8. The molecule has 1 fully saturated rings. The first-order valence-electron chi connectivity index (χ1n) is 10.0. The number of rotatable bonds is 4. The molecule has 1 heterocycles. The average Bonchev–Trinajstić information content (AvgIpc) is 3.02. The number of fused-ring (bicyclic) bond motifs is 1.